The van der Waals surface area contributed by atoms with Crippen molar-refractivity contribution in [3.8, 4) is 0 Å². The van der Waals surface area contributed by atoms with Gasteiger partial charge in [0.15, 0.2) is 11.4 Å². The van der Waals surface area contributed by atoms with Gasteiger partial charge in [0.1, 0.15) is 17.4 Å². The molecule has 0 bridgehead atoms. The number of hydrogen-bond donors (Lipinski definition) is 2. The summed E-state index contributed by atoms with van der Waals surface area (Å²) in [6.07, 6.45) is -0.0705. The zero-order valence-electron chi connectivity index (χ0n) is 15.3. The van der Waals surface area contributed by atoms with Crippen molar-refractivity contribution >= 4 is 40.0 Å². The highest BCUT2D eigenvalue weighted by molar-refractivity contribution is 6.31. The molecule has 3 atom stereocenters. The van der Waals surface area contributed by atoms with Crippen LogP contribution in [0.4, 0.5) is 24.7 Å². The fourth-order valence-corrected chi connectivity index (χ4v) is 4.14. The molecule has 1 aromatic carbocycles. The van der Waals surface area contributed by atoms with E-state index in [1.165, 1.54) is 18.3 Å². The van der Waals surface area contributed by atoms with Gasteiger partial charge in [-0.3, -0.25) is 4.98 Å². The predicted octanol–water partition coefficient (Wildman–Crippen LogP) is 4.36. The number of ether oxygens (including phenoxy) is 1. The maximum absolute atomic E-state index is 14.8. The van der Waals surface area contributed by atoms with Gasteiger partial charge in [-0.05, 0) is 36.8 Å². The molecule has 1 saturated carbocycles. The van der Waals surface area contributed by atoms with Crippen molar-refractivity contribution in [1.82, 2.24) is 9.97 Å². The van der Waals surface area contributed by atoms with Gasteiger partial charge in [-0.2, -0.15) is 0 Å². The van der Waals surface area contributed by atoms with Crippen molar-refractivity contribution in [2.45, 2.75) is 24.5 Å². The summed E-state index contributed by atoms with van der Waals surface area (Å²) in [4.78, 5) is 12.4. The molecule has 3 N–H and O–H groups in total. The number of aromatic nitrogens is 2. The van der Waals surface area contributed by atoms with Crippen molar-refractivity contribution in [3.63, 3.8) is 0 Å². The molecule has 154 valence electrons. The van der Waals surface area contributed by atoms with E-state index in [1.54, 1.807) is 18.3 Å². The Labute approximate surface area is 173 Å². The van der Waals surface area contributed by atoms with Crippen LogP contribution in [0.15, 0.2) is 47.7 Å². The number of rotatable bonds is 4. The van der Waals surface area contributed by atoms with E-state index < -0.39 is 29.8 Å². The van der Waals surface area contributed by atoms with Crippen molar-refractivity contribution in [2.24, 2.45) is 16.6 Å². The minimum atomic E-state index is -2.96. The first-order valence-electron chi connectivity index (χ1n) is 9.16. The van der Waals surface area contributed by atoms with Crippen LogP contribution < -0.4 is 11.1 Å². The van der Waals surface area contributed by atoms with Crippen LogP contribution in [-0.4, -0.2) is 28.5 Å². The lowest BCUT2D eigenvalue weighted by Crippen LogP contribution is -2.43. The Bertz CT molecular complexity index is 1190. The molecule has 30 heavy (non-hydrogen) atoms. The average Bonchev–Trinajstić information content (AvgIpc) is 3.48. The molecule has 0 saturated heterocycles. The number of nitrogens with one attached hydrogen (secondary N) is 1. The standard InChI is InChI=1S/C20H15ClF3N5O/c21-10-5-9-3-4-26-17(16(9)27-8-10)28-11-1-2-14(22)12(6-11)20(18(23)24)13-7-15(13)30-19(25)29-20/h1-6,8,13,15,18H,7H2,(H2,25,29)(H,26,28)/t13-,15+,20+/m0/s1. The Morgan fingerprint density at radius 3 is 2.87 bits per heavy atom. The molecule has 0 radical (unpaired) electrons. The molecule has 3 aromatic rings. The Morgan fingerprint density at radius 1 is 1.23 bits per heavy atom. The zero-order chi connectivity index (χ0) is 21.0. The Kier molecular flexibility index (Phi) is 4.25. The monoisotopic (exact) mass is 433 g/mol. The third-order valence-electron chi connectivity index (χ3n) is 5.42. The highest BCUT2D eigenvalue weighted by Gasteiger charge is 2.64. The zero-order valence-corrected chi connectivity index (χ0v) is 16.1. The summed E-state index contributed by atoms with van der Waals surface area (Å²) in [5, 5.41) is 4.24. The molecule has 2 aliphatic rings. The van der Waals surface area contributed by atoms with E-state index >= 15 is 0 Å². The van der Waals surface area contributed by atoms with E-state index in [0.29, 0.717) is 28.5 Å². The molecule has 0 unspecified atom stereocenters. The minimum Gasteiger partial charge on any atom is -0.462 e. The number of benzene rings is 1. The summed E-state index contributed by atoms with van der Waals surface area (Å²) in [7, 11) is 0. The lowest BCUT2D eigenvalue weighted by atomic mass is 9.84. The highest BCUT2D eigenvalue weighted by Crippen LogP contribution is 2.56. The van der Waals surface area contributed by atoms with Gasteiger partial charge in [0.25, 0.3) is 12.4 Å². The normalized spacial score (nSPS) is 24.9. The van der Waals surface area contributed by atoms with Gasteiger partial charge in [0.05, 0.1) is 5.02 Å². The number of amidine groups is 1. The molecule has 5 rings (SSSR count). The molecule has 0 amide bonds. The minimum absolute atomic E-state index is 0.238. The van der Waals surface area contributed by atoms with Gasteiger partial charge < -0.3 is 15.8 Å². The van der Waals surface area contributed by atoms with E-state index in [9.17, 15) is 13.2 Å². The summed E-state index contributed by atoms with van der Waals surface area (Å²) < 4.78 is 48.5. The number of halogens is 4. The Balaban J connectivity index is 1.59. The first kappa shape index (κ1) is 18.9. The molecule has 3 heterocycles. The van der Waals surface area contributed by atoms with Gasteiger partial charge in [0.2, 0.25) is 0 Å². The number of pyridine rings is 2. The summed E-state index contributed by atoms with van der Waals surface area (Å²) in [6, 6.07) is 6.99. The number of aliphatic imine (C=N–C) groups is 1. The van der Waals surface area contributed by atoms with Crippen molar-refractivity contribution in [2.75, 3.05) is 5.32 Å². The summed E-state index contributed by atoms with van der Waals surface area (Å²) in [6.45, 7) is 0. The molecule has 0 spiro atoms. The van der Waals surface area contributed by atoms with Crippen molar-refractivity contribution in [3.05, 3.63) is 59.1 Å². The summed E-state index contributed by atoms with van der Waals surface area (Å²) in [5.41, 5.74) is 4.18. The molecule has 2 aromatic heterocycles. The number of anilines is 2. The topological polar surface area (TPSA) is 85.4 Å². The maximum atomic E-state index is 14.8. The SMILES string of the molecule is NC1=N[C@@](c2cc(Nc3nccc4cc(Cl)cnc34)ccc2F)(C(F)F)[C@H]2C[C@H]2O1. The largest absolute Gasteiger partial charge is 0.462 e. The van der Waals surface area contributed by atoms with Crippen LogP contribution >= 0.6 is 11.6 Å². The van der Waals surface area contributed by atoms with E-state index in [0.717, 1.165) is 11.5 Å². The third-order valence-corrected chi connectivity index (χ3v) is 5.63. The molecular formula is C20H15ClF3N5O. The number of hydrogen-bond acceptors (Lipinski definition) is 6. The highest BCUT2D eigenvalue weighted by atomic mass is 35.5. The molecule has 1 aliphatic carbocycles. The molecule has 1 aliphatic heterocycles. The number of fused-ring (bicyclic) bond motifs is 2. The third kappa shape index (κ3) is 2.92. The Morgan fingerprint density at radius 2 is 2.07 bits per heavy atom. The van der Waals surface area contributed by atoms with Gasteiger partial charge in [-0.15, -0.1) is 0 Å². The molecular weight excluding hydrogens is 419 g/mol. The second-order valence-corrected chi connectivity index (χ2v) is 7.72. The second-order valence-electron chi connectivity index (χ2n) is 7.28. The fraction of sp³-hybridized carbons (Fsp3) is 0.250. The van der Waals surface area contributed by atoms with E-state index in [-0.39, 0.29) is 11.6 Å². The van der Waals surface area contributed by atoms with E-state index in [4.69, 9.17) is 22.1 Å². The first-order valence-corrected chi connectivity index (χ1v) is 9.53. The van der Waals surface area contributed by atoms with E-state index in [2.05, 4.69) is 20.3 Å². The van der Waals surface area contributed by atoms with Crippen LogP contribution in [0, 0.1) is 11.7 Å². The molecule has 1 fully saturated rings. The number of alkyl halides is 2. The van der Waals surface area contributed by atoms with Crippen LogP contribution in [0.25, 0.3) is 10.9 Å². The van der Waals surface area contributed by atoms with E-state index in [1.807, 2.05) is 0 Å². The van der Waals surface area contributed by atoms with Crippen molar-refractivity contribution in [1.29, 1.82) is 0 Å². The van der Waals surface area contributed by atoms with Crippen LogP contribution in [-0.2, 0) is 10.3 Å². The van der Waals surface area contributed by atoms with Crippen LogP contribution in [0.2, 0.25) is 5.02 Å². The molecule has 10 heteroatoms. The van der Waals surface area contributed by atoms with Gasteiger partial charge in [-0.25, -0.2) is 23.1 Å². The lowest BCUT2D eigenvalue weighted by molar-refractivity contribution is 0.0177. The number of nitrogens with zero attached hydrogens (tertiary/aromatic N) is 3. The van der Waals surface area contributed by atoms with Crippen molar-refractivity contribution < 1.29 is 17.9 Å². The first-order chi connectivity index (χ1) is 14.4. The lowest BCUT2D eigenvalue weighted by Gasteiger charge is -2.33. The summed E-state index contributed by atoms with van der Waals surface area (Å²) in [5.74, 6) is -1.05. The van der Waals surface area contributed by atoms with Crippen LogP contribution in [0.1, 0.15) is 12.0 Å². The predicted molar refractivity (Wildman–Crippen MR) is 107 cm³/mol. The van der Waals surface area contributed by atoms with Gasteiger partial charge >= 0.3 is 0 Å². The van der Waals surface area contributed by atoms with Crippen LogP contribution in [0.3, 0.4) is 0 Å². The van der Waals surface area contributed by atoms with Gasteiger partial charge in [0, 0.05) is 34.9 Å². The quantitative estimate of drug-likeness (QED) is 0.638. The molecule has 6 nitrogen and oxygen atoms in total. The summed E-state index contributed by atoms with van der Waals surface area (Å²) >= 11 is 5.98. The average molecular weight is 434 g/mol. The van der Waals surface area contributed by atoms with Crippen LogP contribution in [0.5, 0.6) is 0 Å². The van der Waals surface area contributed by atoms with Gasteiger partial charge in [-0.1, -0.05) is 11.6 Å². The second kappa shape index (κ2) is 6.73. The Hall–Kier alpha value is -3.07. The fourth-order valence-electron chi connectivity index (χ4n) is 3.97. The number of nitrogens with two attached hydrogens (primary N) is 1. The smallest absolute Gasteiger partial charge is 0.283 e. The maximum Gasteiger partial charge on any atom is 0.283 e.